The van der Waals surface area contributed by atoms with Gasteiger partial charge in [0.15, 0.2) is 6.23 Å². The summed E-state index contributed by atoms with van der Waals surface area (Å²) >= 11 is 0. The number of hydrogen-bond donors (Lipinski definition) is 2. The molecule has 2 saturated heterocycles. The first-order valence-electron chi connectivity index (χ1n) is 10.9. The SMILES string of the molecule is CCN(CCCC1NOC(c2ccnc(C3CCOC3)c2)N1)C(=O)c1ccccc1F. The average molecular weight is 429 g/mol. The molecule has 1 amide bonds. The van der Waals surface area contributed by atoms with Crippen LogP contribution in [-0.4, -0.2) is 48.3 Å². The molecule has 3 heterocycles. The Hall–Kier alpha value is -2.39. The second-order valence-electron chi connectivity index (χ2n) is 7.92. The first-order valence-corrected chi connectivity index (χ1v) is 10.9. The van der Waals surface area contributed by atoms with E-state index in [1.807, 2.05) is 19.2 Å². The van der Waals surface area contributed by atoms with Gasteiger partial charge in [0.1, 0.15) is 5.82 Å². The minimum atomic E-state index is -0.484. The number of nitrogens with one attached hydrogen (secondary N) is 2. The highest BCUT2D eigenvalue weighted by Gasteiger charge is 2.27. The zero-order chi connectivity index (χ0) is 21.6. The molecule has 0 radical (unpaired) electrons. The van der Waals surface area contributed by atoms with Crippen molar-refractivity contribution in [2.75, 3.05) is 26.3 Å². The third kappa shape index (κ3) is 5.27. The largest absolute Gasteiger partial charge is 0.381 e. The van der Waals surface area contributed by atoms with Crippen LogP contribution in [0.5, 0.6) is 0 Å². The van der Waals surface area contributed by atoms with Gasteiger partial charge >= 0.3 is 0 Å². The van der Waals surface area contributed by atoms with Crippen LogP contribution in [0.15, 0.2) is 42.6 Å². The Morgan fingerprint density at radius 1 is 1.32 bits per heavy atom. The number of ether oxygens (including phenoxy) is 1. The lowest BCUT2D eigenvalue weighted by Gasteiger charge is -2.22. The summed E-state index contributed by atoms with van der Waals surface area (Å²) in [4.78, 5) is 24.5. The zero-order valence-electron chi connectivity index (χ0n) is 17.7. The lowest BCUT2D eigenvalue weighted by molar-refractivity contribution is 0.0207. The Bertz CT molecular complexity index is 891. The maximum absolute atomic E-state index is 13.9. The molecule has 4 rings (SSSR count). The van der Waals surface area contributed by atoms with Crippen LogP contribution in [-0.2, 0) is 9.57 Å². The molecule has 31 heavy (non-hydrogen) atoms. The summed E-state index contributed by atoms with van der Waals surface area (Å²) in [6.45, 7) is 4.49. The zero-order valence-corrected chi connectivity index (χ0v) is 17.7. The maximum Gasteiger partial charge on any atom is 0.256 e. The number of halogens is 1. The molecule has 7 nitrogen and oxygen atoms in total. The number of rotatable bonds is 8. The van der Waals surface area contributed by atoms with Crippen LogP contribution in [0.2, 0.25) is 0 Å². The Balaban J connectivity index is 1.27. The molecule has 2 aromatic rings. The van der Waals surface area contributed by atoms with Gasteiger partial charge in [0, 0.05) is 43.1 Å². The second kappa shape index (κ2) is 10.3. The van der Waals surface area contributed by atoms with E-state index in [-0.39, 0.29) is 23.9 Å². The van der Waals surface area contributed by atoms with Gasteiger partial charge in [-0.3, -0.25) is 19.9 Å². The smallest absolute Gasteiger partial charge is 0.256 e. The molecule has 2 N–H and O–H groups in total. The molecule has 1 aromatic carbocycles. The average Bonchev–Trinajstić information content (AvgIpc) is 3.49. The molecule has 0 saturated carbocycles. The molecule has 3 atom stereocenters. The molecule has 8 heteroatoms. The summed E-state index contributed by atoms with van der Waals surface area (Å²) in [7, 11) is 0. The predicted octanol–water partition coefficient (Wildman–Crippen LogP) is 3.12. The maximum atomic E-state index is 13.9. The van der Waals surface area contributed by atoms with Crippen LogP contribution in [0.4, 0.5) is 4.39 Å². The fourth-order valence-electron chi connectivity index (χ4n) is 4.02. The number of carbonyl (C=O) groups is 1. The predicted molar refractivity (Wildman–Crippen MR) is 114 cm³/mol. The third-order valence-electron chi connectivity index (χ3n) is 5.83. The molecule has 0 bridgehead atoms. The van der Waals surface area contributed by atoms with Gasteiger partial charge in [0.2, 0.25) is 0 Å². The van der Waals surface area contributed by atoms with Gasteiger partial charge in [0.25, 0.3) is 5.91 Å². The van der Waals surface area contributed by atoms with Crippen LogP contribution in [0, 0.1) is 5.82 Å². The van der Waals surface area contributed by atoms with E-state index in [0.717, 1.165) is 43.7 Å². The van der Waals surface area contributed by atoms with Gasteiger partial charge < -0.3 is 9.64 Å². The van der Waals surface area contributed by atoms with Gasteiger partial charge in [-0.25, -0.2) is 4.39 Å². The third-order valence-corrected chi connectivity index (χ3v) is 5.83. The van der Waals surface area contributed by atoms with Gasteiger partial charge in [-0.05, 0) is 50.5 Å². The van der Waals surface area contributed by atoms with E-state index in [4.69, 9.17) is 9.57 Å². The van der Waals surface area contributed by atoms with E-state index < -0.39 is 5.82 Å². The van der Waals surface area contributed by atoms with E-state index >= 15 is 0 Å². The standard InChI is InChI=1S/C23H29FN4O3/c1-2-28(23(29)18-6-3-4-7-19(18)24)12-5-8-21-26-22(31-27-21)16-9-11-25-20(14-16)17-10-13-30-15-17/h3-4,6-7,9,11,14,17,21-22,26-27H,2,5,8,10,12-13,15H2,1H3. The molecule has 3 unspecified atom stereocenters. The quantitative estimate of drug-likeness (QED) is 0.673. The van der Waals surface area contributed by atoms with E-state index in [1.165, 1.54) is 12.1 Å². The summed E-state index contributed by atoms with van der Waals surface area (Å²) in [5, 5.41) is 3.43. The van der Waals surface area contributed by atoms with Gasteiger partial charge in [0.05, 0.1) is 18.3 Å². The summed E-state index contributed by atoms with van der Waals surface area (Å²) in [5.74, 6) is -0.415. The minimum absolute atomic E-state index is 0.0290. The Kier molecular flexibility index (Phi) is 7.24. The number of benzene rings is 1. The summed E-state index contributed by atoms with van der Waals surface area (Å²) in [5.41, 5.74) is 5.21. The fourth-order valence-corrected chi connectivity index (χ4v) is 4.02. The van der Waals surface area contributed by atoms with Gasteiger partial charge in [-0.15, -0.1) is 0 Å². The summed E-state index contributed by atoms with van der Waals surface area (Å²) in [6.07, 6.45) is 4.06. The molecule has 0 spiro atoms. The molecule has 1 aromatic heterocycles. The number of carbonyl (C=O) groups excluding carboxylic acids is 1. The van der Waals surface area contributed by atoms with E-state index in [0.29, 0.717) is 19.0 Å². The highest BCUT2D eigenvalue weighted by atomic mass is 19.1. The van der Waals surface area contributed by atoms with Crippen molar-refractivity contribution in [3.63, 3.8) is 0 Å². The molecule has 166 valence electrons. The molecular weight excluding hydrogens is 399 g/mol. The topological polar surface area (TPSA) is 75.7 Å². The second-order valence-corrected chi connectivity index (χ2v) is 7.92. The minimum Gasteiger partial charge on any atom is -0.381 e. The van der Waals surface area contributed by atoms with Crippen LogP contribution in [0.25, 0.3) is 0 Å². The van der Waals surface area contributed by atoms with Gasteiger partial charge in [-0.1, -0.05) is 12.1 Å². The lowest BCUT2D eigenvalue weighted by atomic mass is 10.0. The van der Waals surface area contributed by atoms with Crippen molar-refractivity contribution < 1.29 is 18.8 Å². The highest BCUT2D eigenvalue weighted by molar-refractivity contribution is 5.94. The first-order chi connectivity index (χ1) is 15.2. The van der Waals surface area contributed by atoms with E-state index in [2.05, 4.69) is 21.8 Å². The van der Waals surface area contributed by atoms with Crippen LogP contribution >= 0.6 is 0 Å². The summed E-state index contributed by atoms with van der Waals surface area (Å²) < 4.78 is 19.4. The van der Waals surface area contributed by atoms with E-state index in [9.17, 15) is 9.18 Å². The van der Waals surface area contributed by atoms with Crippen molar-refractivity contribution in [1.82, 2.24) is 20.7 Å². The van der Waals surface area contributed by atoms with Crippen molar-refractivity contribution in [3.05, 3.63) is 65.2 Å². The number of hydrogen-bond acceptors (Lipinski definition) is 6. The Labute approximate surface area is 181 Å². The lowest BCUT2D eigenvalue weighted by Crippen LogP contribution is -2.35. The van der Waals surface area contributed by atoms with Crippen molar-refractivity contribution in [2.45, 2.75) is 44.5 Å². The van der Waals surface area contributed by atoms with Crippen LogP contribution < -0.4 is 10.8 Å². The van der Waals surface area contributed by atoms with Crippen molar-refractivity contribution in [2.24, 2.45) is 0 Å². The van der Waals surface area contributed by atoms with E-state index in [1.54, 1.807) is 17.0 Å². The van der Waals surface area contributed by atoms with Crippen LogP contribution in [0.3, 0.4) is 0 Å². The summed E-state index contributed by atoms with van der Waals surface area (Å²) in [6, 6.07) is 10.1. The monoisotopic (exact) mass is 428 g/mol. The number of pyridine rings is 1. The number of hydroxylamine groups is 1. The van der Waals surface area contributed by atoms with Crippen molar-refractivity contribution in [3.8, 4) is 0 Å². The number of aromatic nitrogens is 1. The molecule has 2 aliphatic heterocycles. The van der Waals surface area contributed by atoms with Crippen molar-refractivity contribution in [1.29, 1.82) is 0 Å². The normalized spacial score (nSPS) is 23.2. The first kappa shape index (κ1) is 21.8. The number of nitrogens with zero attached hydrogens (tertiary/aromatic N) is 2. The molecule has 2 fully saturated rings. The van der Waals surface area contributed by atoms with Gasteiger partial charge in [-0.2, -0.15) is 5.48 Å². The van der Waals surface area contributed by atoms with Crippen LogP contribution in [0.1, 0.15) is 59.9 Å². The Morgan fingerprint density at radius 2 is 2.19 bits per heavy atom. The fraction of sp³-hybridized carbons (Fsp3) is 0.478. The highest BCUT2D eigenvalue weighted by Crippen LogP contribution is 2.27. The molecular formula is C23H29FN4O3. The Morgan fingerprint density at radius 3 is 2.97 bits per heavy atom. The molecule has 0 aliphatic carbocycles. The number of amides is 1. The molecule has 2 aliphatic rings. The van der Waals surface area contributed by atoms with Crippen molar-refractivity contribution >= 4 is 5.91 Å².